The largest absolute Gasteiger partial charge is 0.311 e. The number of benzene rings is 3. The van der Waals surface area contributed by atoms with Gasteiger partial charge in [-0.2, -0.15) is 5.26 Å². The standard InChI is InChI=1S/C26H16Br2N2OS/c27-20-3-9-23(10-4-20)30(24-11-5-21(28)6-12-24)22-7-1-18(2-8-22)15-19(16-29)26-14-13-25(17-31)32-26/h1-15,17H. The third-order valence-electron chi connectivity index (χ3n) is 4.76. The molecule has 0 unspecified atom stereocenters. The van der Waals surface area contributed by atoms with Crippen LogP contribution in [0.4, 0.5) is 17.1 Å². The lowest BCUT2D eigenvalue weighted by Crippen LogP contribution is -2.09. The van der Waals surface area contributed by atoms with Crippen LogP contribution in [0, 0.1) is 11.3 Å². The molecule has 0 radical (unpaired) electrons. The summed E-state index contributed by atoms with van der Waals surface area (Å²) in [5, 5.41) is 9.59. The van der Waals surface area contributed by atoms with E-state index in [0.29, 0.717) is 10.5 Å². The fraction of sp³-hybridized carbons (Fsp3) is 0. The zero-order valence-corrected chi connectivity index (χ0v) is 20.7. The Morgan fingerprint density at radius 1 is 0.781 bits per heavy atom. The number of nitrogens with zero attached hydrogens (tertiary/aromatic N) is 2. The summed E-state index contributed by atoms with van der Waals surface area (Å²) in [7, 11) is 0. The highest BCUT2D eigenvalue weighted by atomic mass is 79.9. The van der Waals surface area contributed by atoms with Gasteiger partial charge in [-0.15, -0.1) is 11.3 Å². The number of nitriles is 1. The maximum Gasteiger partial charge on any atom is 0.160 e. The molecule has 3 aromatic carbocycles. The van der Waals surface area contributed by atoms with Crippen molar-refractivity contribution in [1.82, 2.24) is 0 Å². The zero-order valence-electron chi connectivity index (χ0n) is 16.7. The second-order valence-electron chi connectivity index (χ2n) is 6.87. The molecule has 0 saturated carbocycles. The molecule has 4 rings (SSSR count). The second kappa shape index (κ2) is 10.1. The molecular weight excluding hydrogens is 548 g/mol. The smallest absolute Gasteiger partial charge is 0.160 e. The molecule has 0 aliphatic heterocycles. The molecule has 0 amide bonds. The Morgan fingerprint density at radius 2 is 1.28 bits per heavy atom. The number of aldehydes is 1. The number of carbonyl (C=O) groups is 1. The minimum absolute atomic E-state index is 0.536. The highest BCUT2D eigenvalue weighted by Gasteiger charge is 2.13. The molecule has 6 heteroatoms. The topological polar surface area (TPSA) is 44.1 Å². The van der Waals surface area contributed by atoms with Gasteiger partial charge >= 0.3 is 0 Å². The summed E-state index contributed by atoms with van der Waals surface area (Å²) >= 11 is 8.33. The van der Waals surface area contributed by atoms with Crippen molar-refractivity contribution in [1.29, 1.82) is 5.26 Å². The van der Waals surface area contributed by atoms with Gasteiger partial charge in [0.2, 0.25) is 0 Å². The summed E-state index contributed by atoms with van der Waals surface area (Å²) in [5.41, 5.74) is 4.53. The van der Waals surface area contributed by atoms with Crippen molar-refractivity contribution in [2.24, 2.45) is 0 Å². The minimum Gasteiger partial charge on any atom is -0.311 e. The maximum atomic E-state index is 11.0. The highest BCUT2D eigenvalue weighted by Crippen LogP contribution is 2.36. The Balaban J connectivity index is 1.70. The molecule has 3 nitrogen and oxygen atoms in total. The van der Waals surface area contributed by atoms with E-state index in [-0.39, 0.29) is 0 Å². The lowest BCUT2D eigenvalue weighted by molar-refractivity contribution is 0.112. The first kappa shape index (κ1) is 22.2. The summed E-state index contributed by atoms with van der Waals surface area (Å²) in [4.78, 5) is 14.5. The monoisotopic (exact) mass is 562 g/mol. The van der Waals surface area contributed by atoms with Crippen LogP contribution < -0.4 is 4.90 Å². The molecule has 0 aliphatic carbocycles. The van der Waals surface area contributed by atoms with E-state index < -0.39 is 0 Å². The molecule has 0 saturated heterocycles. The van der Waals surface area contributed by atoms with Gasteiger partial charge in [-0.3, -0.25) is 4.79 Å². The number of hydrogen-bond donors (Lipinski definition) is 0. The Bertz CT molecular complexity index is 1260. The van der Waals surface area contributed by atoms with Gasteiger partial charge in [-0.05, 0) is 84.4 Å². The normalized spacial score (nSPS) is 11.1. The number of thiophene rings is 1. The first-order chi connectivity index (χ1) is 15.6. The molecule has 0 N–H and O–H groups in total. The molecule has 0 atom stereocenters. The van der Waals surface area contributed by atoms with Crippen LogP contribution in [0.15, 0.2) is 93.9 Å². The average Bonchev–Trinajstić information content (AvgIpc) is 3.30. The van der Waals surface area contributed by atoms with Crippen molar-refractivity contribution in [2.45, 2.75) is 0 Å². The first-order valence-corrected chi connectivity index (χ1v) is 12.1. The number of halogens is 2. The van der Waals surface area contributed by atoms with Crippen LogP contribution in [0.25, 0.3) is 11.6 Å². The minimum atomic E-state index is 0.536. The molecular formula is C26H16Br2N2OS. The fourth-order valence-corrected chi connectivity index (χ4v) is 4.55. The Labute approximate surface area is 207 Å². The molecule has 156 valence electrons. The van der Waals surface area contributed by atoms with E-state index in [0.717, 1.165) is 42.7 Å². The van der Waals surface area contributed by atoms with Gasteiger partial charge in [-0.1, -0.05) is 44.0 Å². The van der Waals surface area contributed by atoms with Gasteiger partial charge in [0.15, 0.2) is 6.29 Å². The second-order valence-corrected chi connectivity index (χ2v) is 9.82. The molecule has 0 bridgehead atoms. The van der Waals surface area contributed by atoms with Gasteiger partial charge in [-0.25, -0.2) is 0 Å². The molecule has 32 heavy (non-hydrogen) atoms. The third kappa shape index (κ3) is 5.08. The van der Waals surface area contributed by atoms with Gasteiger partial charge < -0.3 is 4.90 Å². The van der Waals surface area contributed by atoms with E-state index in [2.05, 4.69) is 67.1 Å². The molecule has 4 aromatic rings. The third-order valence-corrected chi connectivity index (χ3v) is 6.86. The van der Waals surface area contributed by atoms with Crippen molar-refractivity contribution in [3.8, 4) is 6.07 Å². The fourth-order valence-electron chi connectivity index (χ4n) is 3.23. The number of rotatable bonds is 6. The SMILES string of the molecule is N#CC(=Cc1ccc(N(c2ccc(Br)cc2)c2ccc(Br)cc2)cc1)c1ccc(C=O)s1. The Morgan fingerprint density at radius 3 is 1.72 bits per heavy atom. The van der Waals surface area contributed by atoms with E-state index >= 15 is 0 Å². The average molecular weight is 564 g/mol. The molecule has 0 aliphatic rings. The van der Waals surface area contributed by atoms with Gasteiger partial charge in [0.1, 0.15) is 6.07 Å². The van der Waals surface area contributed by atoms with Gasteiger partial charge in [0, 0.05) is 30.9 Å². The van der Waals surface area contributed by atoms with Crippen LogP contribution in [0.3, 0.4) is 0 Å². The van der Waals surface area contributed by atoms with Crippen LogP contribution in [-0.2, 0) is 0 Å². The number of anilines is 3. The predicted octanol–water partition coefficient (Wildman–Crippen LogP) is 8.62. The quantitative estimate of drug-likeness (QED) is 0.174. The summed E-state index contributed by atoms with van der Waals surface area (Å²) in [6, 6.07) is 30.2. The molecule has 0 spiro atoms. The summed E-state index contributed by atoms with van der Waals surface area (Å²) in [6.07, 6.45) is 2.64. The molecule has 1 heterocycles. The van der Waals surface area contributed by atoms with E-state index in [9.17, 15) is 10.1 Å². The predicted molar refractivity (Wildman–Crippen MR) is 140 cm³/mol. The first-order valence-electron chi connectivity index (χ1n) is 9.66. The van der Waals surface area contributed by atoms with E-state index in [1.54, 1.807) is 12.1 Å². The maximum absolute atomic E-state index is 11.0. The van der Waals surface area contributed by atoms with E-state index in [1.165, 1.54) is 11.3 Å². The van der Waals surface area contributed by atoms with Crippen LogP contribution in [-0.4, -0.2) is 6.29 Å². The van der Waals surface area contributed by atoms with Crippen LogP contribution in [0.1, 0.15) is 20.1 Å². The lowest BCUT2D eigenvalue weighted by atomic mass is 10.1. The van der Waals surface area contributed by atoms with Crippen LogP contribution in [0.5, 0.6) is 0 Å². The van der Waals surface area contributed by atoms with Crippen LogP contribution >= 0.6 is 43.2 Å². The van der Waals surface area contributed by atoms with Crippen LogP contribution in [0.2, 0.25) is 0 Å². The summed E-state index contributed by atoms with van der Waals surface area (Å²) in [5.74, 6) is 0. The van der Waals surface area contributed by atoms with Crippen molar-refractivity contribution < 1.29 is 4.79 Å². The zero-order chi connectivity index (χ0) is 22.5. The summed E-state index contributed by atoms with van der Waals surface area (Å²) in [6.45, 7) is 0. The number of hydrogen-bond acceptors (Lipinski definition) is 4. The Kier molecular flexibility index (Phi) is 7.01. The van der Waals surface area contributed by atoms with Gasteiger partial charge in [0.25, 0.3) is 0 Å². The lowest BCUT2D eigenvalue weighted by Gasteiger charge is -2.25. The van der Waals surface area contributed by atoms with E-state index in [1.807, 2.05) is 54.6 Å². The van der Waals surface area contributed by atoms with E-state index in [4.69, 9.17) is 0 Å². The van der Waals surface area contributed by atoms with Crippen molar-refractivity contribution in [2.75, 3.05) is 4.90 Å². The summed E-state index contributed by atoms with van der Waals surface area (Å²) < 4.78 is 2.04. The van der Waals surface area contributed by atoms with Crippen molar-refractivity contribution in [3.63, 3.8) is 0 Å². The molecule has 1 aromatic heterocycles. The number of allylic oxidation sites excluding steroid dienone is 1. The van der Waals surface area contributed by atoms with Crippen molar-refractivity contribution >= 4 is 78.2 Å². The number of carbonyl (C=O) groups excluding carboxylic acids is 1. The molecule has 0 fully saturated rings. The highest BCUT2D eigenvalue weighted by molar-refractivity contribution is 9.10. The Hall–Kier alpha value is -2.98. The van der Waals surface area contributed by atoms with Crippen molar-refractivity contribution in [3.05, 3.63) is 109 Å². The van der Waals surface area contributed by atoms with Gasteiger partial charge in [0.05, 0.1) is 10.5 Å².